The van der Waals surface area contributed by atoms with Crippen LogP contribution in [0.1, 0.15) is 22.8 Å². The first kappa shape index (κ1) is 16.3. The molecule has 0 unspecified atom stereocenters. The predicted molar refractivity (Wildman–Crippen MR) is 98.4 cm³/mol. The number of nitrogens with zero attached hydrogens (tertiary/aromatic N) is 1. The fourth-order valence-electron chi connectivity index (χ4n) is 3.24. The molecule has 1 N–H and O–H groups in total. The van der Waals surface area contributed by atoms with Crippen LogP contribution in [-0.2, 0) is 24.3 Å². The molecule has 0 aliphatic heterocycles. The monoisotopic (exact) mass is 348 g/mol. The molecule has 5 nitrogen and oxygen atoms in total. The molecule has 0 atom stereocenters. The van der Waals surface area contributed by atoms with Gasteiger partial charge in [0.05, 0.1) is 32.0 Å². The number of aryl methyl sites for hydroxylation is 1. The molecular weight excluding hydrogens is 328 g/mol. The molecule has 4 rings (SSSR count). The molecular formula is C21H20N2O3. The molecule has 0 aliphatic carbocycles. The summed E-state index contributed by atoms with van der Waals surface area (Å²) < 4.78 is 10.9. The van der Waals surface area contributed by atoms with Gasteiger partial charge in [-0.3, -0.25) is 4.79 Å². The number of nitrogens with one attached hydrogen (secondary N) is 1. The molecule has 1 amide bonds. The van der Waals surface area contributed by atoms with Crippen molar-refractivity contribution in [3.8, 4) is 0 Å². The summed E-state index contributed by atoms with van der Waals surface area (Å²) in [5, 5.41) is 1.09. The van der Waals surface area contributed by atoms with Gasteiger partial charge in [0.25, 0.3) is 0 Å². The largest absolute Gasteiger partial charge is 0.467 e. The van der Waals surface area contributed by atoms with Gasteiger partial charge in [0.2, 0.25) is 5.91 Å². The third-order valence-electron chi connectivity index (χ3n) is 4.56. The van der Waals surface area contributed by atoms with E-state index in [1.807, 2.05) is 55.5 Å². The van der Waals surface area contributed by atoms with Gasteiger partial charge in [0.1, 0.15) is 11.5 Å². The predicted octanol–water partition coefficient (Wildman–Crippen LogP) is 4.43. The average Bonchev–Trinajstić information content (AvgIpc) is 3.37. The molecule has 0 bridgehead atoms. The van der Waals surface area contributed by atoms with Gasteiger partial charge in [-0.25, -0.2) is 0 Å². The van der Waals surface area contributed by atoms with Crippen molar-refractivity contribution < 1.29 is 13.6 Å². The van der Waals surface area contributed by atoms with Gasteiger partial charge in [-0.1, -0.05) is 18.2 Å². The van der Waals surface area contributed by atoms with Crippen molar-refractivity contribution in [1.29, 1.82) is 0 Å². The van der Waals surface area contributed by atoms with Crippen molar-refractivity contribution in [1.82, 2.24) is 9.88 Å². The molecule has 5 heteroatoms. The molecule has 3 aromatic heterocycles. The molecule has 132 valence electrons. The summed E-state index contributed by atoms with van der Waals surface area (Å²) in [7, 11) is 0. The van der Waals surface area contributed by atoms with Crippen molar-refractivity contribution in [2.24, 2.45) is 0 Å². The van der Waals surface area contributed by atoms with E-state index < -0.39 is 0 Å². The van der Waals surface area contributed by atoms with Crippen LogP contribution in [0.4, 0.5) is 0 Å². The Morgan fingerprint density at radius 2 is 1.62 bits per heavy atom. The molecule has 4 aromatic rings. The summed E-state index contributed by atoms with van der Waals surface area (Å²) in [6.07, 6.45) is 3.57. The van der Waals surface area contributed by atoms with E-state index in [2.05, 4.69) is 4.98 Å². The molecule has 1 aromatic carbocycles. The van der Waals surface area contributed by atoms with Crippen molar-refractivity contribution in [3.63, 3.8) is 0 Å². The van der Waals surface area contributed by atoms with E-state index in [9.17, 15) is 4.79 Å². The minimum Gasteiger partial charge on any atom is -0.467 e. The van der Waals surface area contributed by atoms with Crippen LogP contribution in [0.15, 0.2) is 69.9 Å². The quantitative estimate of drug-likeness (QED) is 0.560. The van der Waals surface area contributed by atoms with E-state index in [0.29, 0.717) is 19.5 Å². The van der Waals surface area contributed by atoms with Crippen molar-refractivity contribution in [2.75, 3.05) is 0 Å². The summed E-state index contributed by atoms with van der Waals surface area (Å²) in [5.41, 5.74) is 3.11. The number of carbonyl (C=O) groups excluding carboxylic acids is 1. The highest BCUT2D eigenvalue weighted by Gasteiger charge is 2.20. The van der Waals surface area contributed by atoms with Gasteiger partial charge in [-0.2, -0.15) is 0 Å². The first-order chi connectivity index (χ1) is 12.7. The lowest BCUT2D eigenvalue weighted by atomic mass is 10.1. The van der Waals surface area contributed by atoms with Gasteiger partial charge in [0, 0.05) is 16.6 Å². The maximum atomic E-state index is 13.1. The number of furan rings is 2. The van der Waals surface area contributed by atoms with E-state index in [0.717, 1.165) is 33.7 Å². The smallest absolute Gasteiger partial charge is 0.227 e. The normalized spacial score (nSPS) is 11.1. The van der Waals surface area contributed by atoms with Crippen molar-refractivity contribution in [2.45, 2.75) is 26.4 Å². The van der Waals surface area contributed by atoms with E-state index in [-0.39, 0.29) is 5.91 Å². The molecule has 3 heterocycles. The fraction of sp³-hybridized carbons (Fsp3) is 0.190. The van der Waals surface area contributed by atoms with Crippen LogP contribution in [0.3, 0.4) is 0 Å². The van der Waals surface area contributed by atoms with Crippen LogP contribution < -0.4 is 0 Å². The van der Waals surface area contributed by atoms with Crippen LogP contribution >= 0.6 is 0 Å². The SMILES string of the molecule is Cc1[nH]c2ccccc2c1CC(=O)N(Cc1ccco1)Cc1ccco1. The second-order valence-electron chi connectivity index (χ2n) is 6.36. The topological polar surface area (TPSA) is 62.4 Å². The summed E-state index contributed by atoms with van der Waals surface area (Å²) in [4.78, 5) is 18.2. The summed E-state index contributed by atoms with van der Waals surface area (Å²) in [5.74, 6) is 1.53. The Hall–Kier alpha value is -3.21. The molecule has 26 heavy (non-hydrogen) atoms. The van der Waals surface area contributed by atoms with E-state index in [1.165, 1.54) is 0 Å². The van der Waals surface area contributed by atoms with Gasteiger partial charge in [-0.05, 0) is 42.8 Å². The third kappa shape index (κ3) is 3.28. The number of amides is 1. The Morgan fingerprint density at radius 1 is 0.962 bits per heavy atom. The molecule has 0 saturated heterocycles. The van der Waals surface area contributed by atoms with E-state index in [1.54, 1.807) is 17.4 Å². The number of hydrogen-bond acceptors (Lipinski definition) is 3. The maximum Gasteiger partial charge on any atom is 0.227 e. The zero-order valence-corrected chi connectivity index (χ0v) is 14.6. The Kier molecular flexibility index (Phi) is 4.35. The van der Waals surface area contributed by atoms with Crippen LogP contribution in [0.2, 0.25) is 0 Å². The number of aromatic nitrogens is 1. The van der Waals surface area contributed by atoms with Crippen LogP contribution in [0, 0.1) is 6.92 Å². The van der Waals surface area contributed by atoms with E-state index in [4.69, 9.17) is 8.83 Å². The lowest BCUT2D eigenvalue weighted by Crippen LogP contribution is -2.31. The highest BCUT2D eigenvalue weighted by atomic mass is 16.3. The number of benzene rings is 1. The minimum absolute atomic E-state index is 0.0330. The molecule has 0 spiro atoms. The average molecular weight is 348 g/mol. The van der Waals surface area contributed by atoms with Crippen LogP contribution in [-0.4, -0.2) is 15.8 Å². The molecule has 0 saturated carbocycles. The summed E-state index contributed by atoms with van der Waals surface area (Å²) in [6, 6.07) is 15.5. The van der Waals surface area contributed by atoms with Gasteiger partial charge in [-0.15, -0.1) is 0 Å². The third-order valence-corrected chi connectivity index (χ3v) is 4.56. The Labute approximate surface area is 151 Å². The number of fused-ring (bicyclic) bond motifs is 1. The standard InChI is InChI=1S/C21H20N2O3/c1-15-19(18-8-2-3-9-20(18)22-15)12-21(24)23(13-16-6-4-10-25-16)14-17-7-5-11-26-17/h2-11,22H,12-14H2,1H3. The number of rotatable bonds is 6. The number of aromatic amines is 1. The second-order valence-corrected chi connectivity index (χ2v) is 6.36. The van der Waals surface area contributed by atoms with Gasteiger partial charge in [0.15, 0.2) is 0 Å². The van der Waals surface area contributed by atoms with Crippen molar-refractivity contribution >= 4 is 16.8 Å². The number of H-pyrrole nitrogens is 1. The number of carbonyl (C=O) groups is 1. The van der Waals surface area contributed by atoms with Crippen molar-refractivity contribution in [3.05, 3.63) is 83.8 Å². The first-order valence-electron chi connectivity index (χ1n) is 8.59. The van der Waals surface area contributed by atoms with E-state index >= 15 is 0 Å². The van der Waals surface area contributed by atoms with Crippen LogP contribution in [0.25, 0.3) is 10.9 Å². The highest BCUT2D eigenvalue weighted by molar-refractivity contribution is 5.90. The maximum absolute atomic E-state index is 13.1. The summed E-state index contributed by atoms with van der Waals surface area (Å²) >= 11 is 0. The Bertz CT molecular complexity index is 961. The Balaban J connectivity index is 1.59. The zero-order chi connectivity index (χ0) is 17.9. The Morgan fingerprint density at radius 3 is 2.23 bits per heavy atom. The molecule has 0 fully saturated rings. The zero-order valence-electron chi connectivity index (χ0n) is 14.6. The lowest BCUT2D eigenvalue weighted by molar-refractivity contribution is -0.132. The minimum atomic E-state index is 0.0330. The molecule has 0 aliphatic rings. The van der Waals surface area contributed by atoms with Crippen LogP contribution in [0.5, 0.6) is 0 Å². The molecule has 0 radical (unpaired) electrons. The summed E-state index contributed by atoms with van der Waals surface area (Å²) in [6.45, 7) is 2.83. The first-order valence-corrected chi connectivity index (χ1v) is 8.59. The number of hydrogen-bond donors (Lipinski definition) is 1. The fourth-order valence-corrected chi connectivity index (χ4v) is 3.24. The second kappa shape index (κ2) is 6.96. The van der Waals surface area contributed by atoms with Gasteiger partial charge < -0.3 is 18.7 Å². The number of para-hydroxylation sites is 1. The van der Waals surface area contributed by atoms with Gasteiger partial charge >= 0.3 is 0 Å². The highest BCUT2D eigenvalue weighted by Crippen LogP contribution is 2.23. The lowest BCUT2D eigenvalue weighted by Gasteiger charge is -2.21.